The van der Waals surface area contributed by atoms with Gasteiger partial charge in [0.2, 0.25) is 10.0 Å². The molecule has 0 radical (unpaired) electrons. The highest BCUT2D eigenvalue weighted by Gasteiger charge is 2.26. The molecule has 0 fully saturated rings. The highest BCUT2D eigenvalue weighted by Crippen LogP contribution is 2.22. The fraction of sp³-hybridized carbons (Fsp3) is 0.200. The Morgan fingerprint density at radius 3 is 2.41 bits per heavy atom. The Kier molecular flexibility index (Phi) is 6.48. The van der Waals surface area contributed by atoms with E-state index in [-0.39, 0.29) is 18.0 Å². The Labute approximate surface area is 189 Å². The minimum atomic E-state index is -3.74. The Bertz CT molecular complexity index is 1280. The SMILES string of the molecule is Cc1ccc(S(=O)(=O)N(Cc2cccnc2)Cc2nccn2Cc2ccccc2C)cc1. The normalized spacial score (nSPS) is 11.7. The highest BCUT2D eigenvalue weighted by molar-refractivity contribution is 7.89. The summed E-state index contributed by atoms with van der Waals surface area (Å²) in [6.45, 7) is 5.01. The van der Waals surface area contributed by atoms with Crippen LogP contribution in [0.1, 0.15) is 28.1 Å². The molecular formula is C25H26N4O2S. The predicted octanol–water partition coefficient (Wildman–Crippen LogP) is 4.33. The van der Waals surface area contributed by atoms with E-state index in [4.69, 9.17) is 0 Å². The zero-order valence-corrected chi connectivity index (χ0v) is 19.0. The number of aryl methyl sites for hydroxylation is 2. The van der Waals surface area contributed by atoms with E-state index in [9.17, 15) is 8.42 Å². The summed E-state index contributed by atoms with van der Waals surface area (Å²) < 4.78 is 30.6. The molecule has 0 atom stereocenters. The van der Waals surface area contributed by atoms with Gasteiger partial charge in [-0.05, 0) is 48.7 Å². The Morgan fingerprint density at radius 2 is 1.69 bits per heavy atom. The monoisotopic (exact) mass is 446 g/mol. The first-order chi connectivity index (χ1) is 15.4. The molecule has 0 spiro atoms. The second-order valence-corrected chi connectivity index (χ2v) is 9.78. The number of hydrogen-bond donors (Lipinski definition) is 0. The molecule has 4 aromatic rings. The van der Waals surface area contributed by atoms with Crippen molar-refractivity contribution in [3.8, 4) is 0 Å². The zero-order chi connectivity index (χ0) is 22.6. The van der Waals surface area contributed by atoms with Crippen LogP contribution >= 0.6 is 0 Å². The van der Waals surface area contributed by atoms with Gasteiger partial charge in [-0.2, -0.15) is 4.31 Å². The number of pyridine rings is 1. The molecule has 2 aromatic carbocycles. The summed E-state index contributed by atoms with van der Waals surface area (Å²) in [6, 6.07) is 18.8. The Balaban J connectivity index is 1.67. The van der Waals surface area contributed by atoms with Crippen molar-refractivity contribution in [1.29, 1.82) is 0 Å². The molecule has 0 N–H and O–H groups in total. The molecule has 32 heavy (non-hydrogen) atoms. The highest BCUT2D eigenvalue weighted by atomic mass is 32.2. The summed E-state index contributed by atoms with van der Waals surface area (Å²) in [5.74, 6) is 0.688. The van der Waals surface area contributed by atoms with Gasteiger partial charge in [0, 0.05) is 37.9 Å². The van der Waals surface area contributed by atoms with Crippen molar-refractivity contribution >= 4 is 10.0 Å². The number of benzene rings is 2. The molecule has 7 heteroatoms. The van der Waals surface area contributed by atoms with Gasteiger partial charge >= 0.3 is 0 Å². The number of imidazole rings is 1. The second kappa shape index (κ2) is 9.46. The standard InChI is InChI=1S/C25H26N4O2S/c1-20-9-11-24(12-10-20)32(30,31)29(17-22-7-5-13-26-16-22)19-25-27-14-15-28(25)18-23-8-4-3-6-21(23)2/h3-16H,17-19H2,1-2H3. The van der Waals surface area contributed by atoms with Gasteiger partial charge in [0.15, 0.2) is 0 Å². The number of hydrogen-bond acceptors (Lipinski definition) is 4. The van der Waals surface area contributed by atoms with Crippen molar-refractivity contribution in [3.63, 3.8) is 0 Å². The van der Waals surface area contributed by atoms with Crippen LogP contribution in [-0.2, 0) is 29.7 Å². The van der Waals surface area contributed by atoms with Gasteiger partial charge in [0.05, 0.1) is 11.4 Å². The third kappa shape index (κ3) is 4.95. The van der Waals surface area contributed by atoms with Crippen molar-refractivity contribution in [2.24, 2.45) is 0 Å². The van der Waals surface area contributed by atoms with E-state index >= 15 is 0 Å². The summed E-state index contributed by atoms with van der Waals surface area (Å²) in [4.78, 5) is 8.90. The molecule has 0 unspecified atom stereocenters. The van der Waals surface area contributed by atoms with Crippen molar-refractivity contribution in [2.45, 2.75) is 38.4 Å². The van der Waals surface area contributed by atoms with Crippen LogP contribution in [0.2, 0.25) is 0 Å². The van der Waals surface area contributed by atoms with Crippen LogP contribution in [0, 0.1) is 13.8 Å². The minimum Gasteiger partial charge on any atom is -0.329 e. The first-order valence-corrected chi connectivity index (χ1v) is 11.9. The van der Waals surface area contributed by atoms with E-state index in [1.165, 1.54) is 15.4 Å². The third-order valence-electron chi connectivity index (χ3n) is 5.46. The van der Waals surface area contributed by atoms with Gasteiger partial charge in [-0.25, -0.2) is 13.4 Å². The summed E-state index contributed by atoms with van der Waals surface area (Å²) in [6.07, 6.45) is 6.98. The van der Waals surface area contributed by atoms with Crippen molar-refractivity contribution in [3.05, 3.63) is 114 Å². The van der Waals surface area contributed by atoms with Gasteiger partial charge in [0.25, 0.3) is 0 Å². The maximum absolute atomic E-state index is 13.6. The van der Waals surface area contributed by atoms with Crippen LogP contribution in [0.4, 0.5) is 0 Å². The largest absolute Gasteiger partial charge is 0.329 e. The van der Waals surface area contributed by atoms with Crippen molar-refractivity contribution < 1.29 is 8.42 Å². The van der Waals surface area contributed by atoms with Crippen LogP contribution in [-0.4, -0.2) is 27.3 Å². The summed E-state index contributed by atoms with van der Waals surface area (Å²) in [5.41, 5.74) is 4.19. The van der Waals surface area contributed by atoms with Crippen LogP contribution < -0.4 is 0 Å². The molecule has 0 saturated carbocycles. The number of nitrogens with zero attached hydrogens (tertiary/aromatic N) is 4. The molecule has 2 aromatic heterocycles. The summed E-state index contributed by atoms with van der Waals surface area (Å²) in [5, 5.41) is 0. The first-order valence-electron chi connectivity index (χ1n) is 10.4. The Morgan fingerprint density at radius 1 is 0.906 bits per heavy atom. The van der Waals surface area contributed by atoms with E-state index in [1.807, 2.05) is 54.1 Å². The molecule has 4 rings (SSSR count). The molecule has 0 aliphatic rings. The predicted molar refractivity (Wildman–Crippen MR) is 124 cm³/mol. The summed E-state index contributed by atoms with van der Waals surface area (Å²) >= 11 is 0. The lowest BCUT2D eigenvalue weighted by Gasteiger charge is -2.23. The maximum Gasteiger partial charge on any atom is 0.243 e. The first kappa shape index (κ1) is 21.9. The quantitative estimate of drug-likeness (QED) is 0.404. The van der Waals surface area contributed by atoms with Gasteiger partial charge in [-0.15, -0.1) is 0 Å². The zero-order valence-electron chi connectivity index (χ0n) is 18.2. The van der Waals surface area contributed by atoms with Gasteiger partial charge in [0.1, 0.15) is 5.82 Å². The lowest BCUT2D eigenvalue weighted by atomic mass is 10.1. The fourth-order valence-electron chi connectivity index (χ4n) is 3.54. The van der Waals surface area contributed by atoms with Crippen molar-refractivity contribution in [2.75, 3.05) is 0 Å². The van der Waals surface area contributed by atoms with E-state index in [2.05, 4.69) is 29.0 Å². The molecule has 0 aliphatic carbocycles. The molecule has 2 heterocycles. The number of aromatic nitrogens is 3. The molecule has 164 valence electrons. The molecule has 0 aliphatic heterocycles. The van der Waals surface area contributed by atoms with E-state index in [0.717, 1.165) is 11.1 Å². The van der Waals surface area contributed by atoms with E-state index in [0.29, 0.717) is 12.4 Å². The molecule has 0 bridgehead atoms. The van der Waals surface area contributed by atoms with Gasteiger partial charge in [-0.1, -0.05) is 48.0 Å². The van der Waals surface area contributed by atoms with E-state index < -0.39 is 10.0 Å². The van der Waals surface area contributed by atoms with E-state index in [1.54, 1.807) is 30.7 Å². The fourth-order valence-corrected chi connectivity index (χ4v) is 4.93. The molecular weight excluding hydrogens is 420 g/mol. The van der Waals surface area contributed by atoms with Crippen LogP contribution in [0.15, 0.2) is 90.3 Å². The Hall–Kier alpha value is -3.29. The molecule has 0 saturated heterocycles. The average Bonchev–Trinajstić information content (AvgIpc) is 3.22. The smallest absolute Gasteiger partial charge is 0.243 e. The minimum absolute atomic E-state index is 0.157. The number of sulfonamides is 1. The lowest BCUT2D eigenvalue weighted by Crippen LogP contribution is -2.31. The van der Waals surface area contributed by atoms with Crippen LogP contribution in [0.3, 0.4) is 0 Å². The molecule has 6 nitrogen and oxygen atoms in total. The topological polar surface area (TPSA) is 68.1 Å². The van der Waals surface area contributed by atoms with Gasteiger partial charge < -0.3 is 4.57 Å². The third-order valence-corrected chi connectivity index (χ3v) is 7.27. The van der Waals surface area contributed by atoms with Crippen LogP contribution in [0.5, 0.6) is 0 Å². The maximum atomic E-state index is 13.6. The van der Waals surface area contributed by atoms with Gasteiger partial charge in [-0.3, -0.25) is 4.98 Å². The molecule has 0 amide bonds. The van der Waals surface area contributed by atoms with Crippen molar-refractivity contribution in [1.82, 2.24) is 18.8 Å². The average molecular weight is 447 g/mol. The summed E-state index contributed by atoms with van der Waals surface area (Å²) in [7, 11) is -3.74. The number of rotatable bonds is 8. The van der Waals surface area contributed by atoms with Crippen LogP contribution in [0.25, 0.3) is 0 Å². The lowest BCUT2D eigenvalue weighted by molar-refractivity contribution is 0.385. The second-order valence-electron chi connectivity index (χ2n) is 7.85.